The number of likely N-dealkylation sites (N-methyl/N-ethyl adjacent to an activating group) is 1. The molecule has 0 radical (unpaired) electrons. The Balaban J connectivity index is 2.63. The number of urea groups is 1. The van der Waals surface area contributed by atoms with Gasteiger partial charge in [0.25, 0.3) is 0 Å². The number of nitrogens with zero attached hydrogens (tertiary/aromatic N) is 1. The number of nitrogens with one attached hydrogen (secondary N) is 1. The van der Waals surface area contributed by atoms with E-state index in [2.05, 4.69) is 5.32 Å². The molecule has 18 heavy (non-hydrogen) atoms. The number of carboxylic acids is 1. The molecule has 0 aromatic carbocycles. The summed E-state index contributed by atoms with van der Waals surface area (Å²) in [6.45, 7) is 2.86. The van der Waals surface area contributed by atoms with E-state index in [9.17, 15) is 14.7 Å². The molecule has 3 N–H and O–H groups in total. The molecule has 0 aromatic rings. The number of aliphatic carboxylic acids is 1. The van der Waals surface area contributed by atoms with E-state index < -0.39 is 23.6 Å². The summed E-state index contributed by atoms with van der Waals surface area (Å²) in [7, 11) is 1.59. The van der Waals surface area contributed by atoms with E-state index in [4.69, 9.17) is 5.11 Å². The van der Waals surface area contributed by atoms with Crippen LogP contribution in [0.1, 0.15) is 39.5 Å². The second-order valence-electron chi connectivity index (χ2n) is 5.39. The highest BCUT2D eigenvalue weighted by molar-refractivity contribution is 5.85. The molecule has 1 rings (SSSR count). The summed E-state index contributed by atoms with van der Waals surface area (Å²) in [4.78, 5) is 24.3. The predicted octanol–water partition coefficient (Wildman–Crippen LogP) is 0.794. The Morgan fingerprint density at radius 2 is 1.83 bits per heavy atom. The molecule has 0 aromatic heterocycles. The van der Waals surface area contributed by atoms with Crippen molar-refractivity contribution in [1.82, 2.24) is 10.2 Å². The summed E-state index contributed by atoms with van der Waals surface area (Å²) in [5.41, 5.74) is -1.31. The zero-order valence-electron chi connectivity index (χ0n) is 11.1. The normalized spacial score (nSPS) is 24.4. The fourth-order valence-electron chi connectivity index (χ4n) is 2.10. The van der Waals surface area contributed by atoms with E-state index in [1.165, 1.54) is 18.7 Å². The van der Waals surface area contributed by atoms with Crippen LogP contribution in [0.15, 0.2) is 0 Å². The van der Waals surface area contributed by atoms with Gasteiger partial charge < -0.3 is 20.4 Å². The quantitative estimate of drug-likeness (QED) is 0.698. The Hall–Kier alpha value is -1.30. The molecule has 2 unspecified atom stereocenters. The van der Waals surface area contributed by atoms with Gasteiger partial charge in [-0.3, -0.25) is 0 Å². The second-order valence-corrected chi connectivity index (χ2v) is 5.39. The predicted molar refractivity (Wildman–Crippen MR) is 66.3 cm³/mol. The number of aliphatic hydroxyl groups excluding tert-OH is 1. The molecule has 2 amide bonds. The number of carboxylic acid groups (broad SMARTS) is 1. The molecule has 0 aliphatic heterocycles. The largest absolute Gasteiger partial charge is 0.480 e. The van der Waals surface area contributed by atoms with Crippen LogP contribution >= 0.6 is 0 Å². The number of aliphatic hydroxyl groups is 1. The van der Waals surface area contributed by atoms with Gasteiger partial charge in [-0.15, -0.1) is 0 Å². The van der Waals surface area contributed by atoms with Gasteiger partial charge in [0.1, 0.15) is 5.54 Å². The Morgan fingerprint density at radius 1 is 1.28 bits per heavy atom. The third-order valence-corrected chi connectivity index (χ3v) is 3.47. The maximum atomic E-state index is 11.9. The number of hydrogen-bond acceptors (Lipinski definition) is 3. The summed E-state index contributed by atoms with van der Waals surface area (Å²) in [5.74, 6) is -1.09. The lowest BCUT2D eigenvalue weighted by molar-refractivity contribution is -0.143. The van der Waals surface area contributed by atoms with Crippen molar-refractivity contribution in [2.24, 2.45) is 0 Å². The second kappa shape index (κ2) is 5.56. The highest BCUT2D eigenvalue weighted by atomic mass is 16.4. The molecule has 0 spiro atoms. The van der Waals surface area contributed by atoms with Gasteiger partial charge in [0.05, 0.1) is 12.1 Å². The van der Waals surface area contributed by atoms with Crippen LogP contribution in [0.4, 0.5) is 4.79 Å². The van der Waals surface area contributed by atoms with Crippen LogP contribution in [-0.2, 0) is 4.79 Å². The van der Waals surface area contributed by atoms with Crippen LogP contribution in [0.3, 0.4) is 0 Å². The maximum absolute atomic E-state index is 11.9. The number of rotatable bonds is 3. The molecule has 0 heterocycles. The van der Waals surface area contributed by atoms with Crippen LogP contribution in [0, 0.1) is 0 Å². The molecule has 104 valence electrons. The standard InChI is InChI=1S/C12H22N2O4/c1-12(2,10(16)17)13-11(18)14(3)8-6-4-5-7-9(8)15/h8-9,15H,4-7H2,1-3H3,(H,13,18)(H,16,17). The summed E-state index contributed by atoms with van der Waals surface area (Å²) in [5, 5.41) is 21.3. The van der Waals surface area contributed by atoms with Gasteiger partial charge in [-0.25, -0.2) is 9.59 Å². The van der Waals surface area contributed by atoms with Crippen LogP contribution in [0.25, 0.3) is 0 Å². The highest BCUT2D eigenvalue weighted by Gasteiger charge is 2.34. The minimum Gasteiger partial charge on any atom is -0.480 e. The molecule has 2 atom stereocenters. The lowest BCUT2D eigenvalue weighted by Gasteiger charge is -2.36. The van der Waals surface area contributed by atoms with E-state index in [1.54, 1.807) is 7.05 Å². The molecule has 6 nitrogen and oxygen atoms in total. The Bertz CT molecular complexity index is 330. The molecular weight excluding hydrogens is 236 g/mol. The van der Waals surface area contributed by atoms with Crippen molar-refractivity contribution in [3.63, 3.8) is 0 Å². The molecule has 6 heteroatoms. The van der Waals surface area contributed by atoms with Crippen molar-refractivity contribution < 1.29 is 19.8 Å². The Labute approximate surface area is 107 Å². The molecule has 0 saturated heterocycles. The van der Waals surface area contributed by atoms with Crippen LogP contribution in [0.5, 0.6) is 0 Å². The SMILES string of the molecule is CN(C(=O)NC(C)(C)C(=O)O)C1CCCCC1O. The Morgan fingerprint density at radius 3 is 2.33 bits per heavy atom. The van der Waals surface area contributed by atoms with Gasteiger partial charge in [0.15, 0.2) is 0 Å². The van der Waals surface area contributed by atoms with E-state index >= 15 is 0 Å². The topological polar surface area (TPSA) is 89.9 Å². The maximum Gasteiger partial charge on any atom is 0.328 e. The average molecular weight is 258 g/mol. The minimum atomic E-state index is -1.31. The molecule has 1 aliphatic carbocycles. The summed E-state index contributed by atoms with van der Waals surface area (Å²) < 4.78 is 0. The summed E-state index contributed by atoms with van der Waals surface area (Å²) in [6.07, 6.45) is 2.85. The zero-order chi connectivity index (χ0) is 13.9. The van der Waals surface area contributed by atoms with Crippen molar-refractivity contribution in [1.29, 1.82) is 0 Å². The van der Waals surface area contributed by atoms with Crippen molar-refractivity contribution >= 4 is 12.0 Å². The third-order valence-electron chi connectivity index (χ3n) is 3.47. The third kappa shape index (κ3) is 3.35. The average Bonchev–Trinajstić information content (AvgIpc) is 2.28. The first-order valence-electron chi connectivity index (χ1n) is 6.22. The van der Waals surface area contributed by atoms with Crippen molar-refractivity contribution in [2.45, 2.75) is 57.2 Å². The van der Waals surface area contributed by atoms with E-state index in [1.807, 2.05) is 0 Å². The lowest BCUT2D eigenvalue weighted by Crippen LogP contribution is -2.57. The van der Waals surface area contributed by atoms with Gasteiger partial charge >= 0.3 is 12.0 Å². The zero-order valence-corrected chi connectivity index (χ0v) is 11.1. The van der Waals surface area contributed by atoms with E-state index in [0.717, 1.165) is 19.3 Å². The number of amides is 2. The molecule has 1 saturated carbocycles. The monoisotopic (exact) mass is 258 g/mol. The van der Waals surface area contributed by atoms with Gasteiger partial charge in [0.2, 0.25) is 0 Å². The first-order chi connectivity index (χ1) is 8.25. The lowest BCUT2D eigenvalue weighted by atomic mass is 9.92. The summed E-state index contributed by atoms with van der Waals surface area (Å²) >= 11 is 0. The molecule has 1 aliphatic rings. The van der Waals surface area contributed by atoms with Crippen molar-refractivity contribution in [3.05, 3.63) is 0 Å². The molecule has 0 bridgehead atoms. The first-order valence-corrected chi connectivity index (χ1v) is 6.22. The molecular formula is C12H22N2O4. The first kappa shape index (κ1) is 14.8. The highest BCUT2D eigenvalue weighted by Crippen LogP contribution is 2.22. The number of carbonyl (C=O) groups excluding carboxylic acids is 1. The van der Waals surface area contributed by atoms with Crippen molar-refractivity contribution in [3.8, 4) is 0 Å². The van der Waals surface area contributed by atoms with Crippen LogP contribution < -0.4 is 5.32 Å². The summed E-state index contributed by atoms with van der Waals surface area (Å²) in [6, 6.07) is -0.698. The van der Waals surface area contributed by atoms with Gasteiger partial charge in [-0.1, -0.05) is 12.8 Å². The minimum absolute atomic E-state index is 0.233. The van der Waals surface area contributed by atoms with E-state index in [-0.39, 0.29) is 6.04 Å². The van der Waals surface area contributed by atoms with Gasteiger partial charge in [0, 0.05) is 7.05 Å². The van der Waals surface area contributed by atoms with Crippen molar-refractivity contribution in [2.75, 3.05) is 7.05 Å². The smallest absolute Gasteiger partial charge is 0.328 e. The van der Waals surface area contributed by atoms with Gasteiger partial charge in [-0.05, 0) is 26.7 Å². The number of hydrogen-bond donors (Lipinski definition) is 3. The fourth-order valence-corrected chi connectivity index (χ4v) is 2.10. The van der Waals surface area contributed by atoms with Crippen LogP contribution in [-0.4, -0.2) is 51.8 Å². The fraction of sp³-hybridized carbons (Fsp3) is 0.833. The number of carbonyl (C=O) groups is 2. The molecule has 1 fully saturated rings. The van der Waals surface area contributed by atoms with Crippen LogP contribution in [0.2, 0.25) is 0 Å². The van der Waals surface area contributed by atoms with E-state index in [0.29, 0.717) is 6.42 Å². The van der Waals surface area contributed by atoms with Gasteiger partial charge in [-0.2, -0.15) is 0 Å². The Kier molecular flexibility index (Phi) is 4.56.